The lowest BCUT2D eigenvalue weighted by Gasteiger charge is -2.04. The Balaban J connectivity index is 2.48. The molecule has 0 saturated carbocycles. The maximum atomic E-state index is 4.10. The highest BCUT2D eigenvalue weighted by Gasteiger charge is 2.05. The molecule has 0 aromatic heterocycles. The topological polar surface area (TPSA) is 24.7 Å². The molecule has 0 aliphatic heterocycles. The summed E-state index contributed by atoms with van der Waals surface area (Å²) in [5.74, 6) is 0. The first kappa shape index (κ1) is 10.3. The first-order chi connectivity index (χ1) is 7.92. The Labute approximate surface area is 95.0 Å². The van der Waals surface area contributed by atoms with Crippen LogP contribution in [0.1, 0.15) is 11.1 Å². The second kappa shape index (κ2) is 5.03. The monoisotopic (exact) mass is 208 g/mol. The zero-order chi connectivity index (χ0) is 11.2. The van der Waals surface area contributed by atoms with Crippen molar-refractivity contribution in [2.24, 2.45) is 10.2 Å². The minimum atomic E-state index is 0.844. The summed E-state index contributed by atoms with van der Waals surface area (Å²) in [4.78, 5) is 0. The van der Waals surface area contributed by atoms with Gasteiger partial charge in [0.15, 0.2) is 0 Å². The van der Waals surface area contributed by atoms with Crippen molar-refractivity contribution in [3.05, 3.63) is 71.8 Å². The van der Waals surface area contributed by atoms with Gasteiger partial charge in [-0.3, -0.25) is 0 Å². The summed E-state index contributed by atoms with van der Waals surface area (Å²) < 4.78 is 0. The second-order valence-electron chi connectivity index (χ2n) is 3.32. The Kier molecular flexibility index (Phi) is 3.24. The van der Waals surface area contributed by atoms with Gasteiger partial charge in [0.05, 0.1) is 0 Å². The van der Waals surface area contributed by atoms with E-state index in [1.165, 1.54) is 0 Å². The molecular weight excluding hydrogens is 196 g/mol. The molecule has 2 aromatic carbocycles. The molecule has 16 heavy (non-hydrogen) atoms. The average Bonchev–Trinajstić information content (AvgIpc) is 2.38. The predicted molar refractivity (Wildman–Crippen MR) is 68.1 cm³/mol. The summed E-state index contributed by atoms with van der Waals surface area (Å²) in [6, 6.07) is 19.9. The molecule has 2 heteroatoms. The molecule has 0 radical (unpaired) electrons. The molecule has 2 rings (SSSR count). The number of nitrogens with zero attached hydrogens (tertiary/aromatic N) is 2. The van der Waals surface area contributed by atoms with Gasteiger partial charge in [0.1, 0.15) is 5.71 Å². The third kappa shape index (κ3) is 2.23. The molecule has 0 saturated heterocycles. The fourth-order valence-corrected chi connectivity index (χ4v) is 1.54. The van der Waals surface area contributed by atoms with Crippen molar-refractivity contribution in [3.8, 4) is 0 Å². The Morgan fingerprint density at radius 3 is 1.56 bits per heavy atom. The van der Waals surface area contributed by atoms with Crippen molar-refractivity contribution in [1.29, 1.82) is 0 Å². The molecule has 0 atom stereocenters. The maximum absolute atomic E-state index is 4.10. The standard InChI is InChI=1S/C14H12N2/c1-15-16-14(12-8-4-2-5-9-12)13-10-6-3-7-11-13/h2-11H,1H2. The quantitative estimate of drug-likeness (QED) is 0.547. The van der Waals surface area contributed by atoms with Gasteiger partial charge in [0.25, 0.3) is 0 Å². The van der Waals surface area contributed by atoms with Crippen LogP contribution in [0, 0.1) is 0 Å². The lowest BCUT2D eigenvalue weighted by atomic mass is 10.0. The van der Waals surface area contributed by atoms with Crippen molar-refractivity contribution >= 4 is 12.4 Å². The average molecular weight is 208 g/mol. The van der Waals surface area contributed by atoms with Crippen LogP contribution in [0.15, 0.2) is 70.9 Å². The normalized spacial score (nSPS) is 9.50. The molecule has 0 aliphatic rings. The van der Waals surface area contributed by atoms with E-state index in [9.17, 15) is 0 Å². The maximum Gasteiger partial charge on any atom is 0.100 e. The van der Waals surface area contributed by atoms with Gasteiger partial charge >= 0.3 is 0 Å². The fraction of sp³-hybridized carbons (Fsp3) is 0. The van der Waals surface area contributed by atoms with Crippen molar-refractivity contribution in [2.45, 2.75) is 0 Å². The minimum Gasteiger partial charge on any atom is -0.166 e. The van der Waals surface area contributed by atoms with E-state index in [4.69, 9.17) is 0 Å². The molecule has 0 bridgehead atoms. The Morgan fingerprint density at radius 2 is 1.19 bits per heavy atom. The first-order valence-electron chi connectivity index (χ1n) is 5.06. The van der Waals surface area contributed by atoms with Crippen LogP contribution in [0.3, 0.4) is 0 Å². The molecule has 0 aliphatic carbocycles. The van der Waals surface area contributed by atoms with Crippen molar-refractivity contribution in [3.63, 3.8) is 0 Å². The summed E-state index contributed by atoms with van der Waals surface area (Å²) in [7, 11) is 0. The zero-order valence-corrected chi connectivity index (χ0v) is 8.88. The highest BCUT2D eigenvalue weighted by Crippen LogP contribution is 2.10. The highest BCUT2D eigenvalue weighted by molar-refractivity contribution is 6.12. The van der Waals surface area contributed by atoms with E-state index in [1.807, 2.05) is 60.7 Å². The van der Waals surface area contributed by atoms with Crippen LogP contribution in [-0.2, 0) is 0 Å². The molecule has 0 unspecified atom stereocenters. The van der Waals surface area contributed by atoms with Gasteiger partial charge in [-0.2, -0.15) is 10.2 Å². The molecule has 0 amide bonds. The highest BCUT2D eigenvalue weighted by atomic mass is 15.2. The molecule has 2 aromatic rings. The Morgan fingerprint density at radius 1 is 0.750 bits per heavy atom. The lowest BCUT2D eigenvalue weighted by molar-refractivity contribution is 1.26. The third-order valence-corrected chi connectivity index (χ3v) is 2.27. The van der Waals surface area contributed by atoms with E-state index in [0.717, 1.165) is 16.8 Å². The number of rotatable bonds is 3. The Bertz CT molecular complexity index is 445. The lowest BCUT2D eigenvalue weighted by Crippen LogP contribution is -2.01. The molecule has 0 N–H and O–H groups in total. The zero-order valence-electron chi connectivity index (χ0n) is 8.88. The minimum absolute atomic E-state index is 0.844. The summed E-state index contributed by atoms with van der Waals surface area (Å²) in [5.41, 5.74) is 2.93. The van der Waals surface area contributed by atoms with E-state index in [2.05, 4.69) is 16.9 Å². The van der Waals surface area contributed by atoms with Gasteiger partial charge in [-0.25, -0.2) is 0 Å². The SMILES string of the molecule is C=NN=C(c1ccccc1)c1ccccc1. The van der Waals surface area contributed by atoms with E-state index >= 15 is 0 Å². The van der Waals surface area contributed by atoms with Crippen LogP contribution in [-0.4, -0.2) is 12.4 Å². The largest absolute Gasteiger partial charge is 0.166 e. The van der Waals surface area contributed by atoms with Crippen LogP contribution in [0.2, 0.25) is 0 Å². The summed E-state index contributed by atoms with van der Waals surface area (Å²) >= 11 is 0. The van der Waals surface area contributed by atoms with Crippen LogP contribution in [0.25, 0.3) is 0 Å². The van der Waals surface area contributed by atoms with E-state index in [-0.39, 0.29) is 0 Å². The van der Waals surface area contributed by atoms with Gasteiger partial charge in [-0.1, -0.05) is 60.7 Å². The molecule has 2 nitrogen and oxygen atoms in total. The smallest absolute Gasteiger partial charge is 0.100 e. The third-order valence-electron chi connectivity index (χ3n) is 2.27. The predicted octanol–water partition coefficient (Wildman–Crippen LogP) is 3.14. The molecule has 0 fully saturated rings. The van der Waals surface area contributed by atoms with E-state index in [0.29, 0.717) is 0 Å². The number of hydrogen-bond donors (Lipinski definition) is 0. The van der Waals surface area contributed by atoms with Crippen LogP contribution >= 0.6 is 0 Å². The van der Waals surface area contributed by atoms with Gasteiger partial charge < -0.3 is 0 Å². The number of hydrogen-bond acceptors (Lipinski definition) is 2. The second-order valence-corrected chi connectivity index (χ2v) is 3.32. The summed E-state index contributed by atoms with van der Waals surface area (Å²) in [6.07, 6.45) is 0. The molecule has 78 valence electrons. The summed E-state index contributed by atoms with van der Waals surface area (Å²) in [6.45, 7) is 3.41. The Hall–Kier alpha value is -2.22. The van der Waals surface area contributed by atoms with E-state index < -0.39 is 0 Å². The molecule has 0 spiro atoms. The van der Waals surface area contributed by atoms with Crippen LogP contribution in [0.4, 0.5) is 0 Å². The van der Waals surface area contributed by atoms with Crippen molar-refractivity contribution < 1.29 is 0 Å². The molecular formula is C14H12N2. The van der Waals surface area contributed by atoms with Crippen molar-refractivity contribution in [1.82, 2.24) is 0 Å². The van der Waals surface area contributed by atoms with Gasteiger partial charge in [-0.15, -0.1) is 0 Å². The molecule has 0 heterocycles. The van der Waals surface area contributed by atoms with Gasteiger partial charge in [-0.05, 0) is 0 Å². The summed E-state index contributed by atoms with van der Waals surface area (Å²) in [5, 5.41) is 7.72. The number of benzene rings is 2. The van der Waals surface area contributed by atoms with Gasteiger partial charge in [0, 0.05) is 17.8 Å². The van der Waals surface area contributed by atoms with E-state index in [1.54, 1.807) is 0 Å². The van der Waals surface area contributed by atoms with Crippen LogP contribution in [0.5, 0.6) is 0 Å². The van der Waals surface area contributed by atoms with Gasteiger partial charge in [0.2, 0.25) is 0 Å². The first-order valence-corrected chi connectivity index (χ1v) is 5.06. The fourth-order valence-electron chi connectivity index (χ4n) is 1.54. The van der Waals surface area contributed by atoms with Crippen LogP contribution < -0.4 is 0 Å². The van der Waals surface area contributed by atoms with Crippen molar-refractivity contribution in [2.75, 3.05) is 0 Å².